The molecule has 1 aromatic carbocycles. The van der Waals surface area contributed by atoms with Crippen LogP contribution in [0.1, 0.15) is 25.3 Å². The molecule has 1 aliphatic rings. The molecule has 1 aliphatic carbocycles. The Morgan fingerprint density at radius 1 is 1.35 bits per heavy atom. The highest BCUT2D eigenvalue weighted by Crippen LogP contribution is 2.52. The first-order valence-corrected chi connectivity index (χ1v) is 8.42. The zero-order valence-electron chi connectivity index (χ0n) is 15.2. The Morgan fingerprint density at radius 3 is 2.65 bits per heavy atom. The molecule has 5 heteroatoms. The van der Waals surface area contributed by atoms with Gasteiger partial charge in [0.15, 0.2) is 11.2 Å². The lowest BCUT2D eigenvalue weighted by Gasteiger charge is -2.15. The number of ketones is 1. The van der Waals surface area contributed by atoms with Crippen LogP contribution in [-0.2, 0) is 11.8 Å². The highest BCUT2D eigenvalue weighted by Gasteiger charge is 2.50. The number of Topliss-reactive ketones (excluding diaryl/α,β-unsaturated/α-hetero) is 1. The molecule has 1 fully saturated rings. The van der Waals surface area contributed by atoms with Gasteiger partial charge in [0.05, 0.1) is 24.2 Å². The van der Waals surface area contributed by atoms with Crippen molar-refractivity contribution in [2.24, 2.45) is 17.5 Å². The molecule has 1 aromatic heterocycles. The van der Waals surface area contributed by atoms with Crippen LogP contribution in [0.3, 0.4) is 0 Å². The number of nitrogens with zero attached hydrogens (tertiary/aromatic N) is 3. The van der Waals surface area contributed by atoms with Crippen molar-refractivity contribution in [3.05, 3.63) is 59.7 Å². The van der Waals surface area contributed by atoms with Crippen LogP contribution in [0.15, 0.2) is 53.7 Å². The van der Waals surface area contributed by atoms with E-state index < -0.39 is 5.41 Å². The number of allylic oxidation sites excluding steroid dienone is 1. The van der Waals surface area contributed by atoms with Gasteiger partial charge in [0.1, 0.15) is 5.78 Å². The van der Waals surface area contributed by atoms with Crippen LogP contribution in [0, 0.1) is 16.7 Å². The van der Waals surface area contributed by atoms with Gasteiger partial charge < -0.3 is 9.30 Å². The van der Waals surface area contributed by atoms with E-state index in [0.29, 0.717) is 22.5 Å². The lowest BCUT2D eigenvalue weighted by Crippen LogP contribution is -2.24. The predicted molar refractivity (Wildman–Crippen MR) is 99.2 cm³/mol. The van der Waals surface area contributed by atoms with Crippen molar-refractivity contribution in [1.29, 1.82) is 5.26 Å². The van der Waals surface area contributed by atoms with Crippen LogP contribution >= 0.6 is 0 Å². The lowest BCUT2D eigenvalue weighted by molar-refractivity contribution is -0.120. The van der Waals surface area contributed by atoms with Crippen LogP contribution in [0.25, 0.3) is 11.3 Å². The summed E-state index contributed by atoms with van der Waals surface area (Å²) in [6, 6.07) is 13.3. The molecule has 0 spiro atoms. The molecule has 0 amide bonds. The SMILES string of the molecule is C=C(N=c1c(OC)ccc(-c2cccc(C#N)c2)n1C)C1(C(C)=O)CC1. The number of methoxy groups -OCH3 is 1. The Balaban J connectivity index is 2.16. The summed E-state index contributed by atoms with van der Waals surface area (Å²) >= 11 is 0. The maximum atomic E-state index is 12.0. The minimum Gasteiger partial charge on any atom is -0.493 e. The third-order valence-electron chi connectivity index (χ3n) is 5.02. The summed E-state index contributed by atoms with van der Waals surface area (Å²) in [5, 5.41) is 9.14. The second-order valence-corrected chi connectivity index (χ2v) is 6.56. The van der Waals surface area contributed by atoms with Gasteiger partial charge in [-0.25, -0.2) is 4.99 Å². The van der Waals surface area contributed by atoms with Crippen LogP contribution in [0.4, 0.5) is 0 Å². The number of aromatic nitrogens is 1. The van der Waals surface area contributed by atoms with Crippen LogP contribution in [0.5, 0.6) is 5.75 Å². The zero-order chi connectivity index (χ0) is 18.9. The summed E-state index contributed by atoms with van der Waals surface area (Å²) < 4.78 is 7.36. The summed E-state index contributed by atoms with van der Waals surface area (Å²) in [6.45, 7) is 5.64. The molecule has 0 bridgehead atoms. The van der Waals surface area contributed by atoms with E-state index in [-0.39, 0.29) is 5.78 Å². The number of ether oxygens (including phenoxy) is 1. The van der Waals surface area contributed by atoms with E-state index in [2.05, 4.69) is 17.6 Å². The number of pyridine rings is 1. The highest BCUT2D eigenvalue weighted by molar-refractivity contribution is 5.88. The fraction of sp³-hybridized carbons (Fsp3) is 0.286. The topological polar surface area (TPSA) is 67.4 Å². The second kappa shape index (κ2) is 6.64. The molecule has 0 saturated heterocycles. The molecule has 132 valence electrons. The van der Waals surface area contributed by atoms with Gasteiger partial charge in [0.2, 0.25) is 0 Å². The molecule has 0 unspecified atom stereocenters. The summed E-state index contributed by atoms with van der Waals surface area (Å²) in [4.78, 5) is 16.6. The van der Waals surface area contributed by atoms with Crippen molar-refractivity contribution in [3.8, 4) is 23.1 Å². The number of nitriles is 1. The van der Waals surface area contributed by atoms with Gasteiger partial charge in [0, 0.05) is 18.4 Å². The third-order valence-corrected chi connectivity index (χ3v) is 5.02. The first kappa shape index (κ1) is 17.7. The van der Waals surface area contributed by atoms with Gasteiger partial charge in [-0.15, -0.1) is 0 Å². The van der Waals surface area contributed by atoms with Gasteiger partial charge in [-0.3, -0.25) is 4.79 Å². The minimum absolute atomic E-state index is 0.103. The molecule has 0 aliphatic heterocycles. The maximum absolute atomic E-state index is 12.0. The predicted octanol–water partition coefficient (Wildman–Crippen LogP) is 3.36. The van der Waals surface area contributed by atoms with Gasteiger partial charge >= 0.3 is 0 Å². The van der Waals surface area contributed by atoms with Crippen molar-refractivity contribution in [1.82, 2.24) is 4.57 Å². The standard InChI is InChI=1S/C21H21N3O2/c1-14(21(10-11-21)15(2)25)23-20-19(26-4)9-8-18(24(20)3)17-7-5-6-16(12-17)13-22/h5-9,12H,1,10-11H2,2-4H3. The number of rotatable bonds is 5. The molecule has 1 saturated carbocycles. The van der Waals surface area contributed by atoms with E-state index >= 15 is 0 Å². The largest absolute Gasteiger partial charge is 0.493 e. The van der Waals surface area contributed by atoms with Gasteiger partial charge in [-0.1, -0.05) is 18.7 Å². The van der Waals surface area contributed by atoms with Crippen LogP contribution < -0.4 is 10.2 Å². The molecule has 26 heavy (non-hydrogen) atoms. The molecular weight excluding hydrogens is 326 g/mol. The van der Waals surface area contributed by atoms with Crippen molar-refractivity contribution in [2.75, 3.05) is 7.11 Å². The Morgan fingerprint density at radius 2 is 2.08 bits per heavy atom. The Hall–Kier alpha value is -3.13. The Bertz CT molecular complexity index is 1000. The van der Waals surface area contributed by atoms with Gasteiger partial charge in [-0.2, -0.15) is 5.26 Å². The molecule has 1 heterocycles. The summed E-state index contributed by atoms with van der Waals surface area (Å²) in [7, 11) is 3.47. The molecule has 3 rings (SSSR count). The third kappa shape index (κ3) is 2.95. The van der Waals surface area contributed by atoms with E-state index in [4.69, 9.17) is 10.00 Å². The summed E-state index contributed by atoms with van der Waals surface area (Å²) in [5.74, 6) is 0.707. The minimum atomic E-state index is -0.519. The monoisotopic (exact) mass is 347 g/mol. The number of carbonyl (C=O) groups excluding carboxylic acids is 1. The van der Waals surface area contributed by atoms with Gasteiger partial charge in [-0.05, 0) is 49.6 Å². The molecular formula is C21H21N3O2. The molecule has 0 radical (unpaired) electrons. The number of carbonyl (C=O) groups is 1. The first-order valence-electron chi connectivity index (χ1n) is 8.42. The normalized spacial score (nSPS) is 15.2. The Labute approximate surface area is 152 Å². The Kier molecular flexibility index (Phi) is 4.52. The molecule has 0 N–H and O–H groups in total. The van der Waals surface area contributed by atoms with Crippen molar-refractivity contribution in [3.63, 3.8) is 0 Å². The fourth-order valence-corrected chi connectivity index (χ4v) is 3.15. The van der Waals surface area contributed by atoms with Crippen LogP contribution in [0.2, 0.25) is 0 Å². The zero-order valence-corrected chi connectivity index (χ0v) is 15.2. The van der Waals surface area contributed by atoms with E-state index in [0.717, 1.165) is 24.1 Å². The van der Waals surface area contributed by atoms with E-state index in [1.54, 1.807) is 20.1 Å². The summed E-state index contributed by atoms with van der Waals surface area (Å²) in [5.41, 5.74) is 3.04. The average molecular weight is 347 g/mol. The van der Waals surface area contributed by atoms with Gasteiger partial charge in [0.25, 0.3) is 0 Å². The smallest absolute Gasteiger partial charge is 0.175 e. The summed E-state index contributed by atoms with van der Waals surface area (Å²) in [6.07, 6.45) is 1.58. The number of hydrogen-bond acceptors (Lipinski definition) is 4. The highest BCUT2D eigenvalue weighted by atomic mass is 16.5. The van der Waals surface area contributed by atoms with Crippen LogP contribution in [-0.4, -0.2) is 17.5 Å². The van der Waals surface area contributed by atoms with Crippen molar-refractivity contribution >= 4 is 5.78 Å². The fourth-order valence-electron chi connectivity index (χ4n) is 3.15. The van der Waals surface area contributed by atoms with E-state index in [1.807, 2.05) is 41.9 Å². The van der Waals surface area contributed by atoms with Crippen molar-refractivity contribution in [2.45, 2.75) is 19.8 Å². The average Bonchev–Trinajstić information content (AvgIpc) is 3.45. The number of benzene rings is 1. The lowest BCUT2D eigenvalue weighted by atomic mass is 9.99. The molecule has 5 nitrogen and oxygen atoms in total. The van der Waals surface area contributed by atoms with Crippen molar-refractivity contribution < 1.29 is 9.53 Å². The van der Waals surface area contributed by atoms with E-state index in [1.165, 1.54) is 0 Å². The first-order chi connectivity index (χ1) is 12.4. The van der Waals surface area contributed by atoms with E-state index in [9.17, 15) is 4.79 Å². The number of hydrogen-bond donors (Lipinski definition) is 0. The second-order valence-electron chi connectivity index (χ2n) is 6.56. The maximum Gasteiger partial charge on any atom is 0.175 e. The quantitative estimate of drug-likeness (QED) is 0.833. The molecule has 2 aromatic rings. The molecule has 0 atom stereocenters.